The van der Waals surface area contributed by atoms with Crippen molar-refractivity contribution in [3.8, 4) is 17.0 Å². The van der Waals surface area contributed by atoms with Gasteiger partial charge in [0.15, 0.2) is 17.6 Å². The maximum Gasteiger partial charge on any atom is 0.411 e. The molecule has 0 fully saturated rings. The van der Waals surface area contributed by atoms with E-state index >= 15 is 0 Å². The van der Waals surface area contributed by atoms with Crippen molar-refractivity contribution in [2.75, 3.05) is 5.32 Å². The lowest BCUT2D eigenvalue weighted by atomic mass is 10.1. The molecule has 0 aliphatic carbocycles. The van der Waals surface area contributed by atoms with Crippen LogP contribution < -0.4 is 10.1 Å². The number of rotatable bonds is 5. The van der Waals surface area contributed by atoms with E-state index in [1.807, 2.05) is 43.3 Å². The van der Waals surface area contributed by atoms with Gasteiger partial charge in [-0.3, -0.25) is 10.4 Å². The van der Waals surface area contributed by atoms with Crippen LogP contribution in [0.1, 0.15) is 18.9 Å². The van der Waals surface area contributed by atoms with Crippen molar-refractivity contribution < 1.29 is 14.6 Å². The maximum atomic E-state index is 10.8. The second kappa shape index (κ2) is 6.75. The van der Waals surface area contributed by atoms with E-state index in [4.69, 9.17) is 9.84 Å². The van der Waals surface area contributed by atoms with Gasteiger partial charge in [0.05, 0.1) is 5.69 Å². The van der Waals surface area contributed by atoms with Crippen LogP contribution in [0.2, 0.25) is 0 Å². The number of hydrogen-bond acceptors (Lipinski definition) is 6. The van der Waals surface area contributed by atoms with E-state index in [0.717, 1.165) is 11.3 Å². The molecule has 1 aromatic carbocycles. The summed E-state index contributed by atoms with van der Waals surface area (Å²) in [5.41, 5.74) is 2.19. The number of nitrogens with zero attached hydrogens (tertiary/aromatic N) is 5. The normalized spacial score (nSPS) is 12.0. The van der Waals surface area contributed by atoms with E-state index in [2.05, 4.69) is 30.6 Å². The molecule has 0 aliphatic rings. The summed E-state index contributed by atoms with van der Waals surface area (Å²) in [6.07, 6.45) is -0.0403. The van der Waals surface area contributed by atoms with Crippen LogP contribution in [-0.4, -0.2) is 41.0 Å². The average molecular weight is 365 g/mol. The fourth-order valence-corrected chi connectivity index (χ4v) is 2.65. The smallest absolute Gasteiger partial charge is 0.411 e. The highest BCUT2D eigenvalue weighted by Gasteiger charge is 2.12. The quantitative estimate of drug-likeness (QED) is 0.495. The lowest BCUT2D eigenvalue weighted by molar-refractivity contribution is 0.209. The Morgan fingerprint density at radius 1 is 1.26 bits per heavy atom. The number of aromatic nitrogens is 6. The van der Waals surface area contributed by atoms with E-state index in [1.165, 1.54) is 6.33 Å². The van der Waals surface area contributed by atoms with Crippen molar-refractivity contribution in [1.29, 1.82) is 0 Å². The Morgan fingerprint density at radius 3 is 2.78 bits per heavy atom. The largest absolute Gasteiger partial charge is 0.483 e. The second-order valence-electron chi connectivity index (χ2n) is 5.70. The molecule has 3 aromatic heterocycles. The van der Waals surface area contributed by atoms with Gasteiger partial charge in [-0.1, -0.05) is 6.07 Å². The highest BCUT2D eigenvalue weighted by Crippen LogP contribution is 2.25. The molecule has 0 saturated heterocycles. The third kappa shape index (κ3) is 3.40. The fourth-order valence-electron chi connectivity index (χ4n) is 2.65. The summed E-state index contributed by atoms with van der Waals surface area (Å²) >= 11 is 0. The third-order valence-electron chi connectivity index (χ3n) is 3.86. The van der Waals surface area contributed by atoms with Crippen molar-refractivity contribution in [2.24, 2.45) is 0 Å². The number of aromatic amines is 1. The summed E-state index contributed by atoms with van der Waals surface area (Å²) in [4.78, 5) is 19.0. The lowest BCUT2D eigenvalue weighted by Crippen LogP contribution is -2.08. The van der Waals surface area contributed by atoms with Gasteiger partial charge in [0.1, 0.15) is 12.1 Å². The summed E-state index contributed by atoms with van der Waals surface area (Å²) in [5.74, 6) is 1.35. The molecule has 10 nitrogen and oxygen atoms in total. The van der Waals surface area contributed by atoms with Crippen LogP contribution in [0.15, 0.2) is 48.8 Å². The minimum absolute atomic E-state index is 0.0239. The van der Waals surface area contributed by atoms with Crippen molar-refractivity contribution >= 4 is 17.7 Å². The first-order chi connectivity index (χ1) is 13.1. The number of carboxylic acid groups (broad SMARTS) is 1. The third-order valence-corrected chi connectivity index (χ3v) is 3.86. The monoisotopic (exact) mass is 365 g/mol. The predicted molar refractivity (Wildman–Crippen MR) is 95.5 cm³/mol. The summed E-state index contributed by atoms with van der Waals surface area (Å²) in [7, 11) is 0. The Morgan fingerprint density at radius 2 is 2.07 bits per heavy atom. The lowest BCUT2D eigenvalue weighted by Gasteiger charge is -2.12. The fraction of sp³-hybridized carbons (Fsp3) is 0.118. The average Bonchev–Trinajstić information content (AvgIpc) is 3.31. The van der Waals surface area contributed by atoms with E-state index in [-0.39, 0.29) is 12.1 Å². The molecule has 1 amide bonds. The van der Waals surface area contributed by atoms with Crippen LogP contribution in [0.25, 0.3) is 16.9 Å². The summed E-state index contributed by atoms with van der Waals surface area (Å²) < 4.78 is 7.42. The number of fused-ring (bicyclic) bond motifs is 1. The second-order valence-corrected chi connectivity index (χ2v) is 5.70. The number of ether oxygens (including phenoxy) is 1. The topological polar surface area (TPSA) is 130 Å². The van der Waals surface area contributed by atoms with Gasteiger partial charge in [-0.05, 0) is 43.3 Å². The number of pyridine rings is 1. The molecular formula is C17H15N7O3. The molecule has 0 aliphatic heterocycles. The molecule has 27 heavy (non-hydrogen) atoms. The Hall–Kier alpha value is -3.95. The molecule has 1 unspecified atom stereocenters. The summed E-state index contributed by atoms with van der Waals surface area (Å²) in [6.45, 7) is 1.88. The summed E-state index contributed by atoms with van der Waals surface area (Å²) in [6, 6.07) is 12.9. The van der Waals surface area contributed by atoms with Gasteiger partial charge in [-0.2, -0.15) is 10.1 Å². The van der Waals surface area contributed by atoms with Crippen molar-refractivity contribution in [3.63, 3.8) is 0 Å². The van der Waals surface area contributed by atoms with Crippen molar-refractivity contribution in [2.45, 2.75) is 13.0 Å². The highest BCUT2D eigenvalue weighted by molar-refractivity contribution is 5.80. The van der Waals surface area contributed by atoms with Gasteiger partial charge in [0, 0.05) is 5.56 Å². The zero-order chi connectivity index (χ0) is 18.8. The van der Waals surface area contributed by atoms with Gasteiger partial charge < -0.3 is 9.84 Å². The Labute approximate surface area is 152 Å². The number of nitrogens with one attached hydrogen (secondary N) is 2. The number of H-pyrrole nitrogens is 1. The molecule has 0 radical (unpaired) electrons. The van der Waals surface area contributed by atoms with Crippen LogP contribution >= 0.6 is 0 Å². The van der Waals surface area contributed by atoms with Crippen molar-refractivity contribution in [1.82, 2.24) is 29.8 Å². The van der Waals surface area contributed by atoms with Crippen LogP contribution in [0.5, 0.6) is 5.75 Å². The number of hydrogen-bond donors (Lipinski definition) is 3. The van der Waals surface area contributed by atoms with Gasteiger partial charge in [-0.25, -0.2) is 14.3 Å². The molecule has 4 rings (SSSR count). The number of benzene rings is 1. The first-order valence-corrected chi connectivity index (χ1v) is 8.08. The molecule has 4 aromatic rings. The standard InChI is InChI=1S/C17H15N7O3/c1-10(15-18-9-19-22-15)27-12-7-5-11(6-8-12)13-3-2-4-14-20-16(21-17(25)26)23-24(13)14/h2-10H,1H3,(H,21,23)(H,25,26)(H,18,19,22). The van der Waals surface area contributed by atoms with Crippen LogP contribution in [0.3, 0.4) is 0 Å². The Bertz CT molecular complexity index is 1070. The summed E-state index contributed by atoms with van der Waals surface area (Å²) in [5, 5.41) is 21.8. The SMILES string of the molecule is CC(Oc1ccc(-c2cccc3nc(NC(=O)O)nn23)cc1)c1ncn[nH]1. The van der Waals surface area contributed by atoms with Gasteiger partial charge in [0.2, 0.25) is 0 Å². The number of amides is 1. The molecule has 136 valence electrons. The van der Waals surface area contributed by atoms with E-state index in [0.29, 0.717) is 17.2 Å². The Balaban J connectivity index is 1.60. The van der Waals surface area contributed by atoms with E-state index < -0.39 is 6.09 Å². The predicted octanol–water partition coefficient (Wildman–Crippen LogP) is 2.74. The van der Waals surface area contributed by atoms with E-state index in [9.17, 15) is 4.79 Å². The molecule has 0 spiro atoms. The molecule has 3 N–H and O–H groups in total. The van der Waals surface area contributed by atoms with Gasteiger partial charge >= 0.3 is 6.09 Å². The number of anilines is 1. The zero-order valence-corrected chi connectivity index (χ0v) is 14.2. The van der Waals surface area contributed by atoms with Crippen LogP contribution in [0, 0.1) is 0 Å². The zero-order valence-electron chi connectivity index (χ0n) is 14.2. The van der Waals surface area contributed by atoms with Crippen molar-refractivity contribution in [3.05, 3.63) is 54.6 Å². The van der Waals surface area contributed by atoms with Gasteiger partial charge in [-0.15, -0.1) is 5.10 Å². The molecule has 0 bridgehead atoms. The molecule has 1 atom stereocenters. The molecule has 10 heteroatoms. The molecular weight excluding hydrogens is 350 g/mol. The first-order valence-electron chi connectivity index (χ1n) is 8.08. The number of carbonyl (C=O) groups is 1. The molecule has 3 heterocycles. The minimum atomic E-state index is -1.21. The minimum Gasteiger partial charge on any atom is -0.483 e. The van der Waals surface area contributed by atoms with E-state index in [1.54, 1.807) is 10.6 Å². The Kier molecular flexibility index (Phi) is 4.13. The highest BCUT2D eigenvalue weighted by atomic mass is 16.5. The van der Waals surface area contributed by atoms with Gasteiger partial charge in [0.25, 0.3) is 5.95 Å². The first kappa shape index (κ1) is 16.5. The maximum absolute atomic E-state index is 10.8. The molecule has 0 saturated carbocycles. The van der Waals surface area contributed by atoms with Crippen LogP contribution in [0.4, 0.5) is 10.7 Å². The van der Waals surface area contributed by atoms with Crippen LogP contribution in [-0.2, 0) is 0 Å².